The maximum absolute atomic E-state index is 12.7. The van der Waals surface area contributed by atoms with Crippen LogP contribution in [0.25, 0.3) is 0 Å². The second-order valence-electron chi connectivity index (χ2n) is 7.43. The number of rotatable bonds is 5. The van der Waals surface area contributed by atoms with E-state index in [-0.39, 0.29) is 16.2 Å². The summed E-state index contributed by atoms with van der Waals surface area (Å²) in [5.41, 5.74) is -0.0669. The topological polar surface area (TPSA) is 66.9 Å². The minimum atomic E-state index is -3.54. The third-order valence-corrected chi connectivity index (χ3v) is 5.96. The third kappa shape index (κ3) is 5.19. The number of piperazine rings is 1. The normalized spacial score (nSPS) is 16.7. The van der Waals surface area contributed by atoms with Crippen molar-refractivity contribution >= 4 is 15.9 Å². The van der Waals surface area contributed by atoms with Gasteiger partial charge in [0.05, 0.1) is 11.5 Å². The highest BCUT2D eigenvalue weighted by atomic mass is 32.2. The number of hydrogen-bond acceptors (Lipinski definition) is 4. The number of carbonyl (C=O) groups is 1. The number of sulfonamides is 1. The van der Waals surface area contributed by atoms with E-state index in [1.165, 1.54) is 4.31 Å². The predicted molar refractivity (Wildman–Crippen MR) is 97.0 cm³/mol. The molecule has 1 saturated heterocycles. The van der Waals surface area contributed by atoms with Crippen molar-refractivity contribution in [3.05, 3.63) is 24.3 Å². The van der Waals surface area contributed by atoms with Crippen molar-refractivity contribution in [2.24, 2.45) is 5.41 Å². The molecule has 1 amide bonds. The highest BCUT2D eigenvalue weighted by Crippen LogP contribution is 2.23. The Labute approximate surface area is 150 Å². The van der Waals surface area contributed by atoms with Gasteiger partial charge >= 0.3 is 0 Å². The molecule has 0 radical (unpaired) electrons. The summed E-state index contributed by atoms with van der Waals surface area (Å²) in [4.78, 5) is 14.3. The van der Waals surface area contributed by atoms with Crippen LogP contribution in [0.3, 0.4) is 0 Å². The number of carbonyl (C=O) groups excluding carboxylic acids is 1. The van der Waals surface area contributed by atoms with Gasteiger partial charge < -0.3 is 9.64 Å². The molecule has 1 aromatic carbocycles. The highest BCUT2D eigenvalue weighted by molar-refractivity contribution is 7.89. The van der Waals surface area contributed by atoms with Crippen molar-refractivity contribution < 1.29 is 17.9 Å². The Hall–Kier alpha value is -1.60. The van der Waals surface area contributed by atoms with Crippen LogP contribution in [0.1, 0.15) is 34.1 Å². The number of benzene rings is 1. The molecule has 1 fully saturated rings. The summed E-state index contributed by atoms with van der Waals surface area (Å²) >= 11 is 0. The Balaban J connectivity index is 2.00. The molecule has 140 valence electrons. The van der Waals surface area contributed by atoms with Gasteiger partial charge in [-0.3, -0.25) is 4.79 Å². The molecule has 0 bridgehead atoms. The van der Waals surface area contributed by atoms with Crippen LogP contribution in [0.5, 0.6) is 5.75 Å². The summed E-state index contributed by atoms with van der Waals surface area (Å²) in [5.74, 6) is 0.740. The van der Waals surface area contributed by atoms with Crippen molar-refractivity contribution in [2.75, 3.05) is 32.8 Å². The molecule has 25 heavy (non-hydrogen) atoms. The molecule has 6 nitrogen and oxygen atoms in total. The first-order valence-corrected chi connectivity index (χ1v) is 10.1. The van der Waals surface area contributed by atoms with Gasteiger partial charge in [-0.25, -0.2) is 8.42 Å². The second kappa shape index (κ2) is 7.74. The number of nitrogens with zero attached hydrogens (tertiary/aromatic N) is 2. The van der Waals surface area contributed by atoms with Crippen LogP contribution >= 0.6 is 0 Å². The minimum absolute atomic E-state index is 0.0669. The van der Waals surface area contributed by atoms with Gasteiger partial charge in [0.2, 0.25) is 15.9 Å². The number of ether oxygens (including phenoxy) is 1. The molecule has 0 spiro atoms. The van der Waals surface area contributed by atoms with E-state index >= 15 is 0 Å². The zero-order valence-electron chi connectivity index (χ0n) is 15.5. The largest absolute Gasteiger partial charge is 0.494 e. The maximum Gasteiger partial charge on any atom is 0.243 e. The van der Waals surface area contributed by atoms with E-state index in [1.807, 2.05) is 27.7 Å². The fraction of sp³-hybridized carbons (Fsp3) is 0.611. The van der Waals surface area contributed by atoms with Crippen LogP contribution in [0.4, 0.5) is 0 Å². The first-order chi connectivity index (χ1) is 11.6. The van der Waals surface area contributed by atoms with Crippen LogP contribution in [-0.2, 0) is 14.8 Å². The van der Waals surface area contributed by atoms with Gasteiger partial charge in [-0.1, -0.05) is 20.8 Å². The van der Waals surface area contributed by atoms with Crippen LogP contribution < -0.4 is 4.74 Å². The van der Waals surface area contributed by atoms with Gasteiger partial charge in [0.15, 0.2) is 0 Å². The lowest BCUT2D eigenvalue weighted by Crippen LogP contribution is -2.50. The summed E-state index contributed by atoms with van der Waals surface area (Å²) < 4.78 is 32.3. The molecule has 0 atom stereocenters. The SMILES string of the molecule is CCOc1ccc(S(=O)(=O)N2CCN(C(=O)CC(C)(C)C)CC2)cc1. The predicted octanol–water partition coefficient (Wildman–Crippen LogP) is 2.35. The zero-order chi connectivity index (χ0) is 18.7. The average molecular weight is 368 g/mol. The minimum Gasteiger partial charge on any atom is -0.494 e. The van der Waals surface area contributed by atoms with E-state index in [9.17, 15) is 13.2 Å². The third-order valence-electron chi connectivity index (χ3n) is 4.05. The standard InChI is InChI=1S/C18H28N2O4S/c1-5-24-15-6-8-16(9-7-15)25(22,23)20-12-10-19(11-13-20)17(21)14-18(2,3)4/h6-9H,5,10-14H2,1-4H3. The number of hydrogen-bond donors (Lipinski definition) is 0. The van der Waals surface area contributed by atoms with Gasteiger partial charge in [-0.15, -0.1) is 0 Å². The summed E-state index contributed by atoms with van der Waals surface area (Å²) in [6, 6.07) is 6.47. The lowest BCUT2D eigenvalue weighted by atomic mass is 9.91. The summed E-state index contributed by atoms with van der Waals surface area (Å²) in [7, 11) is -3.54. The van der Waals surface area contributed by atoms with E-state index in [4.69, 9.17) is 4.74 Å². The average Bonchev–Trinajstić information content (AvgIpc) is 2.54. The molecule has 1 heterocycles. The monoisotopic (exact) mass is 368 g/mol. The summed E-state index contributed by atoms with van der Waals surface area (Å²) in [5, 5.41) is 0. The van der Waals surface area contributed by atoms with Crippen molar-refractivity contribution in [3.8, 4) is 5.75 Å². The Morgan fingerprint density at radius 3 is 2.12 bits per heavy atom. The highest BCUT2D eigenvalue weighted by Gasteiger charge is 2.31. The molecule has 1 aliphatic rings. The number of amides is 1. The van der Waals surface area contributed by atoms with Crippen LogP contribution in [0.15, 0.2) is 29.2 Å². The first kappa shape index (κ1) is 19.7. The van der Waals surface area contributed by atoms with Gasteiger partial charge in [0.25, 0.3) is 0 Å². The Morgan fingerprint density at radius 2 is 1.64 bits per heavy atom. The van der Waals surface area contributed by atoms with Crippen LogP contribution in [0.2, 0.25) is 0 Å². The molecule has 2 rings (SSSR count). The molecular formula is C18H28N2O4S. The van der Waals surface area contributed by atoms with Crippen LogP contribution in [0, 0.1) is 5.41 Å². The summed E-state index contributed by atoms with van der Waals surface area (Å²) in [6.07, 6.45) is 0.471. The van der Waals surface area contributed by atoms with Crippen molar-refractivity contribution in [1.29, 1.82) is 0 Å². The second-order valence-corrected chi connectivity index (χ2v) is 9.36. The molecule has 0 unspecified atom stereocenters. The fourth-order valence-electron chi connectivity index (χ4n) is 2.77. The zero-order valence-corrected chi connectivity index (χ0v) is 16.3. The Kier molecular flexibility index (Phi) is 6.11. The van der Waals surface area contributed by atoms with E-state index in [2.05, 4.69) is 0 Å². The maximum atomic E-state index is 12.7. The molecule has 0 N–H and O–H groups in total. The molecule has 0 aliphatic carbocycles. The van der Waals surface area contributed by atoms with Gasteiger partial charge in [-0.05, 0) is 36.6 Å². The van der Waals surface area contributed by atoms with Crippen molar-refractivity contribution in [1.82, 2.24) is 9.21 Å². The van der Waals surface area contributed by atoms with Gasteiger partial charge in [0, 0.05) is 32.6 Å². The molecule has 1 aromatic rings. The van der Waals surface area contributed by atoms with Crippen molar-refractivity contribution in [2.45, 2.75) is 39.0 Å². The van der Waals surface area contributed by atoms with E-state index in [1.54, 1.807) is 29.2 Å². The Bertz CT molecular complexity index is 685. The molecular weight excluding hydrogens is 340 g/mol. The smallest absolute Gasteiger partial charge is 0.243 e. The van der Waals surface area contributed by atoms with E-state index in [0.717, 1.165) is 0 Å². The van der Waals surface area contributed by atoms with Crippen LogP contribution in [-0.4, -0.2) is 56.3 Å². The first-order valence-electron chi connectivity index (χ1n) is 8.64. The molecule has 0 aromatic heterocycles. The lowest BCUT2D eigenvalue weighted by molar-refractivity contribution is -0.134. The lowest BCUT2D eigenvalue weighted by Gasteiger charge is -2.35. The molecule has 0 saturated carbocycles. The van der Waals surface area contributed by atoms with Gasteiger partial charge in [-0.2, -0.15) is 4.31 Å². The molecule has 7 heteroatoms. The van der Waals surface area contributed by atoms with E-state index in [0.29, 0.717) is 45.0 Å². The van der Waals surface area contributed by atoms with Crippen molar-refractivity contribution in [3.63, 3.8) is 0 Å². The Morgan fingerprint density at radius 1 is 1.08 bits per heavy atom. The quantitative estimate of drug-likeness (QED) is 0.800. The van der Waals surface area contributed by atoms with E-state index < -0.39 is 10.0 Å². The van der Waals surface area contributed by atoms with Gasteiger partial charge in [0.1, 0.15) is 5.75 Å². The fourth-order valence-corrected chi connectivity index (χ4v) is 4.19. The summed E-state index contributed by atoms with van der Waals surface area (Å²) in [6.45, 7) is 10.0. The molecule has 1 aliphatic heterocycles.